The van der Waals surface area contributed by atoms with Crippen LogP contribution in [0.4, 0.5) is 0 Å². The van der Waals surface area contributed by atoms with Crippen molar-refractivity contribution in [2.24, 2.45) is 0 Å². The fourth-order valence-corrected chi connectivity index (χ4v) is 2.97. The van der Waals surface area contributed by atoms with Gasteiger partial charge in [-0.1, -0.05) is 38.1 Å². The third-order valence-corrected chi connectivity index (χ3v) is 4.68. The summed E-state index contributed by atoms with van der Waals surface area (Å²) in [4.78, 5) is 14.7. The highest BCUT2D eigenvalue weighted by Crippen LogP contribution is 2.37. The molecule has 0 saturated carbocycles. The third-order valence-electron chi connectivity index (χ3n) is 4.68. The van der Waals surface area contributed by atoms with E-state index in [9.17, 15) is 9.90 Å². The number of ketones is 1. The topological polar surface area (TPSA) is 49.8 Å². The Bertz CT molecular complexity index is 895. The van der Waals surface area contributed by atoms with Crippen molar-refractivity contribution in [3.63, 3.8) is 0 Å². The zero-order valence-electron chi connectivity index (χ0n) is 17.3. The number of hydrogen-bond donors (Lipinski definition) is 1. The number of allylic oxidation sites excluding steroid dienone is 2. The molecule has 2 rings (SSSR count). The van der Waals surface area contributed by atoms with Crippen molar-refractivity contribution in [2.75, 3.05) is 21.2 Å². The van der Waals surface area contributed by atoms with E-state index in [0.717, 1.165) is 23.2 Å². The molecule has 0 aliphatic rings. The van der Waals surface area contributed by atoms with E-state index in [1.54, 1.807) is 18.2 Å². The van der Waals surface area contributed by atoms with Gasteiger partial charge in [0.15, 0.2) is 5.78 Å². The molecular formula is C24H29NO3. The van der Waals surface area contributed by atoms with Crippen LogP contribution in [0.5, 0.6) is 11.5 Å². The second-order valence-corrected chi connectivity index (χ2v) is 7.67. The Labute approximate surface area is 167 Å². The summed E-state index contributed by atoms with van der Waals surface area (Å²) in [6.07, 6.45) is 5.04. The van der Waals surface area contributed by atoms with E-state index in [2.05, 4.69) is 11.5 Å². The third kappa shape index (κ3) is 5.11. The predicted molar refractivity (Wildman–Crippen MR) is 115 cm³/mol. The molecule has 0 unspecified atom stereocenters. The maximum absolute atomic E-state index is 12.7. The first-order valence-electron chi connectivity index (χ1n) is 9.19. The smallest absolute Gasteiger partial charge is 0.185 e. The van der Waals surface area contributed by atoms with Crippen LogP contribution in [0.15, 0.2) is 55.1 Å². The Kier molecular flexibility index (Phi) is 6.81. The molecule has 2 aromatic rings. The van der Waals surface area contributed by atoms with Gasteiger partial charge in [-0.25, -0.2) is 0 Å². The standard InChI is InChI=1S/C24H29NO3/c1-7-24(2,3)20-14-19(23(28-6)15-22(20)27)11-12-21(26)18-10-8-9-17(13-18)16-25(4)5/h7-15,27H,1,16H2,2-6H3. The van der Waals surface area contributed by atoms with Crippen molar-refractivity contribution in [3.05, 3.63) is 77.4 Å². The van der Waals surface area contributed by atoms with Crippen LogP contribution in [-0.2, 0) is 12.0 Å². The number of aromatic hydroxyl groups is 1. The number of carbonyl (C=O) groups excluding carboxylic acids is 1. The molecule has 0 fully saturated rings. The lowest BCUT2D eigenvalue weighted by Crippen LogP contribution is -2.13. The van der Waals surface area contributed by atoms with Crippen molar-refractivity contribution in [1.29, 1.82) is 0 Å². The van der Waals surface area contributed by atoms with Gasteiger partial charge < -0.3 is 14.7 Å². The number of ether oxygens (including phenoxy) is 1. The predicted octanol–water partition coefficient (Wildman–Crippen LogP) is 4.82. The molecule has 28 heavy (non-hydrogen) atoms. The van der Waals surface area contributed by atoms with E-state index in [4.69, 9.17) is 4.74 Å². The summed E-state index contributed by atoms with van der Waals surface area (Å²) < 4.78 is 5.37. The maximum Gasteiger partial charge on any atom is 0.185 e. The van der Waals surface area contributed by atoms with Crippen molar-refractivity contribution in [2.45, 2.75) is 25.8 Å². The first-order valence-corrected chi connectivity index (χ1v) is 9.19. The van der Waals surface area contributed by atoms with Gasteiger partial charge in [0.1, 0.15) is 11.5 Å². The summed E-state index contributed by atoms with van der Waals surface area (Å²) in [6.45, 7) is 8.56. The first kappa shape index (κ1) is 21.5. The molecule has 2 aromatic carbocycles. The van der Waals surface area contributed by atoms with Crippen molar-refractivity contribution in [1.82, 2.24) is 4.90 Å². The number of carbonyl (C=O) groups is 1. The summed E-state index contributed by atoms with van der Waals surface area (Å²) in [7, 11) is 5.53. The summed E-state index contributed by atoms with van der Waals surface area (Å²) >= 11 is 0. The highest BCUT2D eigenvalue weighted by atomic mass is 16.5. The van der Waals surface area contributed by atoms with E-state index in [-0.39, 0.29) is 11.5 Å². The van der Waals surface area contributed by atoms with Crippen LogP contribution in [0.2, 0.25) is 0 Å². The SMILES string of the molecule is C=CC(C)(C)c1cc(C=CC(=O)c2cccc(CN(C)C)c2)c(OC)cc1O. The molecule has 0 aliphatic carbocycles. The molecule has 0 heterocycles. The average Bonchev–Trinajstić information content (AvgIpc) is 2.65. The molecule has 0 saturated heterocycles. The van der Waals surface area contributed by atoms with E-state index in [1.165, 1.54) is 13.2 Å². The van der Waals surface area contributed by atoms with Gasteiger partial charge in [0.05, 0.1) is 7.11 Å². The second kappa shape index (κ2) is 8.89. The van der Waals surface area contributed by atoms with E-state index in [1.807, 2.05) is 58.3 Å². The zero-order valence-corrected chi connectivity index (χ0v) is 17.3. The number of nitrogens with zero attached hydrogens (tertiary/aromatic N) is 1. The van der Waals surface area contributed by atoms with E-state index >= 15 is 0 Å². The highest BCUT2D eigenvalue weighted by Gasteiger charge is 2.22. The van der Waals surface area contributed by atoms with E-state index in [0.29, 0.717) is 11.3 Å². The van der Waals surface area contributed by atoms with Crippen molar-refractivity contribution in [3.8, 4) is 11.5 Å². The Morgan fingerprint density at radius 2 is 1.96 bits per heavy atom. The second-order valence-electron chi connectivity index (χ2n) is 7.67. The zero-order chi connectivity index (χ0) is 20.9. The summed E-state index contributed by atoms with van der Waals surface area (Å²) in [5.74, 6) is 0.563. The fraction of sp³-hybridized carbons (Fsp3) is 0.292. The minimum atomic E-state index is -0.413. The van der Waals surface area contributed by atoms with Crippen LogP contribution < -0.4 is 4.74 Å². The minimum absolute atomic E-state index is 0.0831. The van der Waals surface area contributed by atoms with Gasteiger partial charge in [-0.15, -0.1) is 6.58 Å². The molecule has 0 bridgehead atoms. The number of hydrogen-bond acceptors (Lipinski definition) is 4. The molecule has 4 nitrogen and oxygen atoms in total. The molecule has 4 heteroatoms. The fourth-order valence-electron chi connectivity index (χ4n) is 2.97. The maximum atomic E-state index is 12.7. The number of phenolic OH excluding ortho intramolecular Hbond substituents is 1. The quantitative estimate of drug-likeness (QED) is 0.406. The Morgan fingerprint density at radius 3 is 2.57 bits per heavy atom. The van der Waals surface area contributed by atoms with Crippen LogP contribution in [0.3, 0.4) is 0 Å². The number of rotatable bonds is 8. The Balaban J connectivity index is 2.36. The number of methoxy groups -OCH3 is 1. The number of benzene rings is 2. The first-order chi connectivity index (χ1) is 13.2. The van der Waals surface area contributed by atoms with Gasteiger partial charge in [0.2, 0.25) is 0 Å². The molecular weight excluding hydrogens is 350 g/mol. The Hall–Kier alpha value is -2.85. The summed E-state index contributed by atoms with van der Waals surface area (Å²) in [5.41, 5.74) is 2.76. The monoisotopic (exact) mass is 379 g/mol. The number of phenols is 1. The Morgan fingerprint density at radius 1 is 1.25 bits per heavy atom. The molecule has 0 radical (unpaired) electrons. The molecule has 0 aliphatic heterocycles. The summed E-state index contributed by atoms with van der Waals surface area (Å²) in [6, 6.07) is 11.0. The summed E-state index contributed by atoms with van der Waals surface area (Å²) in [5, 5.41) is 10.3. The van der Waals surface area contributed by atoms with Crippen LogP contribution in [-0.4, -0.2) is 37.0 Å². The van der Waals surface area contributed by atoms with Crippen LogP contribution in [0.25, 0.3) is 6.08 Å². The van der Waals surface area contributed by atoms with Crippen LogP contribution in [0.1, 0.15) is 40.9 Å². The molecule has 0 spiro atoms. The van der Waals surface area contributed by atoms with Gasteiger partial charge in [0.25, 0.3) is 0 Å². The lowest BCUT2D eigenvalue weighted by molar-refractivity contribution is 0.104. The van der Waals surface area contributed by atoms with Crippen LogP contribution in [0, 0.1) is 0 Å². The molecule has 148 valence electrons. The molecule has 0 amide bonds. The molecule has 0 aromatic heterocycles. The normalized spacial score (nSPS) is 11.8. The van der Waals surface area contributed by atoms with E-state index < -0.39 is 5.41 Å². The average molecular weight is 380 g/mol. The van der Waals surface area contributed by atoms with Crippen LogP contribution >= 0.6 is 0 Å². The lowest BCUT2D eigenvalue weighted by Gasteiger charge is -2.23. The highest BCUT2D eigenvalue weighted by molar-refractivity contribution is 6.07. The molecule has 1 N–H and O–H groups in total. The largest absolute Gasteiger partial charge is 0.507 e. The van der Waals surface area contributed by atoms with Gasteiger partial charge in [-0.3, -0.25) is 4.79 Å². The lowest BCUT2D eigenvalue weighted by atomic mass is 9.83. The van der Waals surface area contributed by atoms with Gasteiger partial charge >= 0.3 is 0 Å². The molecule has 0 atom stereocenters. The van der Waals surface area contributed by atoms with Crippen molar-refractivity contribution >= 4 is 11.9 Å². The van der Waals surface area contributed by atoms with Gasteiger partial charge in [0, 0.05) is 34.7 Å². The van der Waals surface area contributed by atoms with Gasteiger partial charge in [-0.05, 0) is 43.9 Å². The minimum Gasteiger partial charge on any atom is -0.507 e. The van der Waals surface area contributed by atoms with Gasteiger partial charge in [-0.2, -0.15) is 0 Å². The van der Waals surface area contributed by atoms with Crippen molar-refractivity contribution < 1.29 is 14.6 Å².